The van der Waals surface area contributed by atoms with Gasteiger partial charge >= 0.3 is 12.2 Å². The third-order valence-corrected chi connectivity index (χ3v) is 14.7. The van der Waals surface area contributed by atoms with Crippen LogP contribution in [0.4, 0.5) is 18.4 Å². The predicted octanol–water partition coefficient (Wildman–Crippen LogP) is 8.61. The fraction of sp³-hybridized carbons (Fsp3) is 0.469. The summed E-state index contributed by atoms with van der Waals surface area (Å²) in [6.45, 7) is 8.09. The maximum atomic E-state index is 16.7. The van der Waals surface area contributed by atoms with Crippen LogP contribution in [0.2, 0.25) is 0 Å². The first kappa shape index (κ1) is 42.6. The van der Waals surface area contributed by atoms with Crippen molar-refractivity contribution in [3.63, 3.8) is 0 Å². The third kappa shape index (κ3) is 7.19. The van der Waals surface area contributed by atoms with Crippen LogP contribution in [0.3, 0.4) is 0 Å². The predicted molar refractivity (Wildman–Crippen MR) is 237 cm³/mol. The summed E-state index contributed by atoms with van der Waals surface area (Å²) in [6.07, 6.45) is 5.75. The molecule has 0 unspecified atom stereocenters. The van der Waals surface area contributed by atoms with Gasteiger partial charge in [0.15, 0.2) is 0 Å². The van der Waals surface area contributed by atoms with Crippen molar-refractivity contribution in [3.8, 4) is 33.5 Å². The molecule has 4 N–H and O–H groups in total. The van der Waals surface area contributed by atoms with Gasteiger partial charge in [-0.15, -0.1) is 0 Å². The minimum absolute atomic E-state index is 0.0102. The molecule has 14 nitrogen and oxygen atoms in total. The quantitative estimate of drug-likeness (QED) is 0.108. The number of carbonyl (C=O) groups is 4. The number of aromatic amines is 2. The first-order valence-corrected chi connectivity index (χ1v) is 22.6. The zero-order chi connectivity index (χ0) is 45.7. The molecule has 4 fully saturated rings. The number of imidazole rings is 2. The lowest BCUT2D eigenvalue weighted by atomic mass is 9.95. The van der Waals surface area contributed by atoms with Crippen molar-refractivity contribution < 1.29 is 37.4 Å². The van der Waals surface area contributed by atoms with Crippen LogP contribution in [0.1, 0.15) is 101 Å². The first-order chi connectivity index (χ1) is 31.1. The average molecular weight is 889 g/mol. The molecule has 16 heteroatoms. The van der Waals surface area contributed by atoms with Crippen molar-refractivity contribution in [1.82, 2.24) is 40.4 Å². The molecule has 1 spiro atoms. The lowest BCUT2D eigenvalue weighted by Gasteiger charge is -2.37. The highest BCUT2D eigenvalue weighted by molar-refractivity contribution is 5.89. The normalized spacial score (nSPS) is 22.9. The first-order valence-electron chi connectivity index (χ1n) is 22.6. The largest absolute Gasteiger partial charge is 0.453 e. The van der Waals surface area contributed by atoms with E-state index in [1.54, 1.807) is 29.3 Å². The second kappa shape index (κ2) is 15.7. The van der Waals surface area contributed by atoms with E-state index in [1.807, 2.05) is 62.9 Å². The van der Waals surface area contributed by atoms with Crippen LogP contribution in [0, 0.1) is 23.2 Å². The Morgan fingerprint density at radius 2 is 1.40 bits per heavy atom. The van der Waals surface area contributed by atoms with E-state index in [9.17, 15) is 19.2 Å². The fourth-order valence-electron chi connectivity index (χ4n) is 11.0. The van der Waals surface area contributed by atoms with Gasteiger partial charge in [0.05, 0.1) is 49.2 Å². The lowest BCUT2D eigenvalue weighted by molar-refractivity contribution is -0.139. The number of nitrogens with one attached hydrogen (secondary N) is 4. The number of hydrogen-bond donors (Lipinski definition) is 4. The van der Waals surface area contributed by atoms with Crippen molar-refractivity contribution in [2.45, 2.75) is 102 Å². The summed E-state index contributed by atoms with van der Waals surface area (Å²) in [5.74, 6) is -2.53. The molecule has 10 rings (SSSR count). The number of halogens is 2. The van der Waals surface area contributed by atoms with E-state index in [0.717, 1.165) is 49.6 Å². The molecule has 3 aromatic carbocycles. The molecular formula is C49H54F2N8O6. The standard InChI is InChI=1S/C49H54F2N8O6/c1-24(2)39(56-46(62)64-5)44(60)58-23-48(15-16-48)21-38(58)42-52-22-37(55-42)28-9-13-32-31-12-8-26(18-33(31)49(50,51)34(32)19-28)27-10-14-35-36(20-27)54-43(53-35)41-29-7-11-30(17-29)59(41)45(61)40(25(3)4)57-47(63)65-6/h8-10,12-14,18-20,22,24-25,29-30,38-41H,7,11,15-17,21,23H2,1-6H3,(H,52,55)(H,53,54)(H,56,62)(H,57,63)/t29-,30+,38+,39-,40-,41-/m0/s1. The monoisotopic (exact) mass is 888 g/mol. The molecule has 0 radical (unpaired) electrons. The lowest BCUT2D eigenvalue weighted by Crippen LogP contribution is -2.54. The number of methoxy groups -OCH3 is 2. The highest BCUT2D eigenvalue weighted by Crippen LogP contribution is 2.59. The number of likely N-dealkylation sites (tertiary alicyclic amines) is 2. The number of fused-ring (bicyclic) bond motifs is 6. The summed E-state index contributed by atoms with van der Waals surface area (Å²) in [5.41, 5.74) is 4.68. The van der Waals surface area contributed by atoms with Gasteiger partial charge in [0.25, 0.3) is 5.92 Å². The molecular weight excluding hydrogens is 835 g/mol. The van der Waals surface area contributed by atoms with E-state index in [2.05, 4.69) is 20.6 Å². The fourth-order valence-corrected chi connectivity index (χ4v) is 11.0. The molecule has 340 valence electrons. The van der Waals surface area contributed by atoms with Crippen LogP contribution in [0.5, 0.6) is 0 Å². The van der Waals surface area contributed by atoms with E-state index < -0.39 is 30.2 Å². The van der Waals surface area contributed by atoms with Gasteiger partial charge in [-0.25, -0.2) is 19.6 Å². The molecule has 2 aromatic heterocycles. The minimum atomic E-state index is -3.29. The Morgan fingerprint density at radius 3 is 2.05 bits per heavy atom. The SMILES string of the molecule is COC(=O)N[C@H](C(=O)N1CC2(CC2)C[C@@H]1c1ncc(-c2ccc3c(c2)C(F)(F)c2cc(-c4ccc5nc([C@@H]6[C@H]7CC[C@H](C7)N6C(=O)[C@@H](NC(=O)OC)C(C)C)[nH]c5c4)ccc2-3)[nH]1)C(C)C. The summed E-state index contributed by atoms with van der Waals surface area (Å²) in [6, 6.07) is 13.8. The van der Waals surface area contributed by atoms with E-state index in [-0.39, 0.29) is 64.2 Å². The number of alkyl carbamates (subject to hydrolysis) is 2. The number of amides is 4. The molecule has 5 aliphatic rings. The van der Waals surface area contributed by atoms with E-state index in [0.29, 0.717) is 51.7 Å². The number of alkyl halides is 2. The molecule has 3 aliphatic carbocycles. The molecule has 4 heterocycles. The van der Waals surface area contributed by atoms with Crippen molar-refractivity contribution in [1.29, 1.82) is 0 Å². The minimum Gasteiger partial charge on any atom is -0.453 e. The zero-order valence-corrected chi connectivity index (χ0v) is 37.3. The number of rotatable bonds is 10. The maximum Gasteiger partial charge on any atom is 0.407 e. The van der Waals surface area contributed by atoms with Gasteiger partial charge in [-0.1, -0.05) is 58.0 Å². The molecule has 65 heavy (non-hydrogen) atoms. The number of carbonyl (C=O) groups excluding carboxylic acids is 4. The van der Waals surface area contributed by atoms with Crippen LogP contribution < -0.4 is 10.6 Å². The number of piperidine rings is 1. The summed E-state index contributed by atoms with van der Waals surface area (Å²) < 4.78 is 43.0. The van der Waals surface area contributed by atoms with E-state index in [1.165, 1.54) is 20.3 Å². The highest BCUT2D eigenvalue weighted by atomic mass is 19.3. The van der Waals surface area contributed by atoms with Gasteiger partial charge in [-0.2, -0.15) is 8.78 Å². The van der Waals surface area contributed by atoms with Crippen LogP contribution >= 0.6 is 0 Å². The second-order valence-electron chi connectivity index (χ2n) is 19.4. The van der Waals surface area contributed by atoms with Gasteiger partial charge in [-0.3, -0.25) is 9.59 Å². The Morgan fingerprint density at radius 1 is 0.785 bits per heavy atom. The summed E-state index contributed by atoms with van der Waals surface area (Å²) >= 11 is 0. The Labute approximate surface area is 375 Å². The molecule has 5 aromatic rings. The molecule has 2 saturated heterocycles. The summed E-state index contributed by atoms with van der Waals surface area (Å²) in [7, 11) is 2.54. The Hall–Kier alpha value is -6.32. The topological polar surface area (TPSA) is 175 Å². The average Bonchev–Trinajstić information content (AvgIpc) is 3.95. The van der Waals surface area contributed by atoms with Gasteiger partial charge < -0.3 is 39.9 Å². The second-order valence-corrected chi connectivity index (χ2v) is 19.4. The Balaban J connectivity index is 0.896. The highest BCUT2D eigenvalue weighted by Gasteiger charge is 2.56. The summed E-state index contributed by atoms with van der Waals surface area (Å²) in [5, 5.41) is 5.43. The number of hydrogen-bond acceptors (Lipinski definition) is 8. The van der Waals surface area contributed by atoms with Crippen LogP contribution in [0.15, 0.2) is 60.8 Å². The Kier molecular flexibility index (Phi) is 10.3. The van der Waals surface area contributed by atoms with Crippen LogP contribution in [0.25, 0.3) is 44.5 Å². The maximum absolute atomic E-state index is 16.7. The molecule has 2 bridgehead atoms. The zero-order valence-electron chi connectivity index (χ0n) is 37.3. The molecule has 6 atom stereocenters. The van der Waals surface area contributed by atoms with Crippen molar-refractivity contribution in [3.05, 3.63) is 83.6 Å². The number of benzene rings is 3. The van der Waals surface area contributed by atoms with E-state index >= 15 is 8.78 Å². The van der Waals surface area contributed by atoms with Crippen LogP contribution in [-0.2, 0) is 25.0 Å². The number of H-pyrrole nitrogens is 2. The van der Waals surface area contributed by atoms with Gasteiger partial charge in [0, 0.05) is 29.3 Å². The van der Waals surface area contributed by atoms with Crippen molar-refractivity contribution >= 4 is 35.0 Å². The van der Waals surface area contributed by atoms with Crippen molar-refractivity contribution in [2.24, 2.45) is 23.2 Å². The van der Waals surface area contributed by atoms with Gasteiger partial charge in [0.1, 0.15) is 23.7 Å². The van der Waals surface area contributed by atoms with E-state index in [4.69, 9.17) is 19.4 Å². The third-order valence-electron chi connectivity index (χ3n) is 14.7. The smallest absolute Gasteiger partial charge is 0.407 e. The molecule has 2 aliphatic heterocycles. The number of ether oxygens (including phenoxy) is 2. The Bertz CT molecular complexity index is 2740. The van der Waals surface area contributed by atoms with Gasteiger partial charge in [-0.05, 0) is 108 Å². The molecule has 2 saturated carbocycles. The summed E-state index contributed by atoms with van der Waals surface area (Å²) in [4.78, 5) is 72.6. The number of aromatic nitrogens is 4. The number of nitrogens with zero attached hydrogens (tertiary/aromatic N) is 4. The molecule has 4 amide bonds. The van der Waals surface area contributed by atoms with Gasteiger partial charge in [0.2, 0.25) is 11.8 Å². The van der Waals surface area contributed by atoms with Crippen LogP contribution in [-0.4, -0.2) is 92.6 Å². The van der Waals surface area contributed by atoms with Crippen molar-refractivity contribution in [2.75, 3.05) is 20.8 Å².